The molecular formula is C23H26N4O3S. The molecule has 2 heterocycles. The Morgan fingerprint density at radius 2 is 1.84 bits per heavy atom. The Bertz CT molecular complexity index is 1160. The third kappa shape index (κ3) is 4.40. The summed E-state index contributed by atoms with van der Waals surface area (Å²) >= 11 is 0. The summed E-state index contributed by atoms with van der Waals surface area (Å²) in [4.78, 5) is 15.0. The largest absolute Gasteiger partial charge is 0.340 e. The maximum Gasteiger partial charge on any atom is 0.243 e. The molecule has 31 heavy (non-hydrogen) atoms. The van der Waals surface area contributed by atoms with Crippen LogP contribution in [0.15, 0.2) is 71.9 Å². The van der Waals surface area contributed by atoms with E-state index < -0.39 is 16.1 Å². The number of aryl methyl sites for hydroxylation is 1. The van der Waals surface area contributed by atoms with Crippen LogP contribution in [0.3, 0.4) is 0 Å². The molecule has 1 atom stereocenters. The number of likely N-dealkylation sites (N-methyl/N-ethyl adjacent to an activating group) is 1. The zero-order valence-electron chi connectivity index (χ0n) is 17.7. The molecular weight excluding hydrogens is 412 g/mol. The van der Waals surface area contributed by atoms with E-state index >= 15 is 0 Å². The maximum absolute atomic E-state index is 13.2. The van der Waals surface area contributed by atoms with Gasteiger partial charge in [0, 0.05) is 31.9 Å². The standard InChI is InChI=1S/C23H26N4O3S/c1-18-10-12-21(13-11-18)31(29,30)27-14-6-9-22(27)23(28)25(2)16-19-15-24-26(17-19)20-7-4-3-5-8-20/h3-5,7-8,10-13,15,17,22H,6,9,14,16H2,1-2H3/t22-/m0/s1. The molecule has 0 N–H and O–H groups in total. The lowest BCUT2D eigenvalue weighted by Crippen LogP contribution is -2.46. The van der Waals surface area contributed by atoms with Crippen molar-refractivity contribution in [2.45, 2.75) is 37.2 Å². The zero-order chi connectivity index (χ0) is 22.0. The molecule has 0 saturated carbocycles. The van der Waals surface area contributed by atoms with Gasteiger partial charge in [-0.3, -0.25) is 4.79 Å². The molecule has 8 heteroatoms. The number of nitrogens with zero attached hydrogens (tertiary/aromatic N) is 4. The Kier molecular flexibility index (Phi) is 5.93. The lowest BCUT2D eigenvalue weighted by molar-refractivity contribution is -0.133. The van der Waals surface area contributed by atoms with Crippen LogP contribution in [0.25, 0.3) is 5.69 Å². The van der Waals surface area contributed by atoms with E-state index in [1.54, 1.807) is 47.1 Å². The molecule has 162 valence electrons. The summed E-state index contributed by atoms with van der Waals surface area (Å²) in [6.45, 7) is 2.63. The first-order valence-electron chi connectivity index (χ1n) is 10.3. The van der Waals surface area contributed by atoms with E-state index in [0.29, 0.717) is 25.9 Å². The average Bonchev–Trinajstić information content (AvgIpc) is 3.44. The smallest absolute Gasteiger partial charge is 0.243 e. The summed E-state index contributed by atoms with van der Waals surface area (Å²) in [5, 5.41) is 4.37. The molecule has 1 aliphatic rings. The van der Waals surface area contributed by atoms with E-state index in [1.807, 2.05) is 43.5 Å². The quantitative estimate of drug-likeness (QED) is 0.593. The molecule has 1 aromatic heterocycles. The van der Waals surface area contributed by atoms with Crippen LogP contribution in [0.2, 0.25) is 0 Å². The molecule has 7 nitrogen and oxygen atoms in total. The molecule has 0 spiro atoms. The first kappa shape index (κ1) is 21.3. The summed E-state index contributed by atoms with van der Waals surface area (Å²) in [7, 11) is -2.01. The number of carbonyl (C=O) groups is 1. The number of amides is 1. The fourth-order valence-electron chi connectivity index (χ4n) is 3.89. The second-order valence-electron chi connectivity index (χ2n) is 7.91. The number of carbonyl (C=O) groups excluding carboxylic acids is 1. The van der Waals surface area contributed by atoms with Crippen LogP contribution in [-0.4, -0.2) is 52.9 Å². The van der Waals surface area contributed by atoms with Gasteiger partial charge in [0.15, 0.2) is 0 Å². The van der Waals surface area contributed by atoms with Crippen LogP contribution < -0.4 is 0 Å². The van der Waals surface area contributed by atoms with Gasteiger partial charge in [-0.15, -0.1) is 0 Å². The number of sulfonamides is 1. The predicted octanol–water partition coefficient (Wildman–Crippen LogP) is 2.99. The lowest BCUT2D eigenvalue weighted by Gasteiger charge is -2.27. The van der Waals surface area contributed by atoms with Gasteiger partial charge in [0.1, 0.15) is 6.04 Å². The summed E-state index contributed by atoms with van der Waals surface area (Å²) in [6.07, 6.45) is 4.81. The lowest BCUT2D eigenvalue weighted by atomic mass is 10.2. The monoisotopic (exact) mass is 438 g/mol. The van der Waals surface area contributed by atoms with Crippen LogP contribution in [0.4, 0.5) is 0 Å². The molecule has 4 rings (SSSR count). The van der Waals surface area contributed by atoms with E-state index in [2.05, 4.69) is 5.10 Å². The number of hydrogen-bond donors (Lipinski definition) is 0. The molecule has 2 aromatic carbocycles. The normalized spacial score (nSPS) is 17.0. The van der Waals surface area contributed by atoms with Crippen molar-refractivity contribution in [3.05, 3.63) is 78.1 Å². The van der Waals surface area contributed by atoms with Gasteiger partial charge >= 0.3 is 0 Å². The van der Waals surface area contributed by atoms with Crippen LogP contribution in [0.5, 0.6) is 0 Å². The van der Waals surface area contributed by atoms with Crippen molar-refractivity contribution in [1.82, 2.24) is 19.0 Å². The van der Waals surface area contributed by atoms with Crippen molar-refractivity contribution in [3.63, 3.8) is 0 Å². The van der Waals surface area contributed by atoms with Gasteiger partial charge in [0.05, 0.1) is 16.8 Å². The highest BCUT2D eigenvalue weighted by Crippen LogP contribution is 2.27. The van der Waals surface area contributed by atoms with Gasteiger partial charge in [0.2, 0.25) is 15.9 Å². The molecule has 1 amide bonds. The number of rotatable bonds is 6. The van der Waals surface area contributed by atoms with E-state index in [9.17, 15) is 13.2 Å². The third-order valence-electron chi connectivity index (χ3n) is 5.57. The zero-order valence-corrected chi connectivity index (χ0v) is 18.5. The predicted molar refractivity (Wildman–Crippen MR) is 118 cm³/mol. The van der Waals surface area contributed by atoms with Crippen molar-refractivity contribution in [3.8, 4) is 5.69 Å². The molecule has 0 bridgehead atoms. The van der Waals surface area contributed by atoms with E-state index in [0.717, 1.165) is 16.8 Å². The minimum Gasteiger partial charge on any atom is -0.340 e. The van der Waals surface area contributed by atoms with Gasteiger partial charge in [-0.1, -0.05) is 35.9 Å². The van der Waals surface area contributed by atoms with Gasteiger partial charge in [0.25, 0.3) is 0 Å². The van der Waals surface area contributed by atoms with Crippen molar-refractivity contribution in [2.75, 3.05) is 13.6 Å². The summed E-state index contributed by atoms with van der Waals surface area (Å²) in [6, 6.07) is 15.8. The maximum atomic E-state index is 13.2. The van der Waals surface area contributed by atoms with Crippen molar-refractivity contribution in [2.24, 2.45) is 0 Å². The number of aromatic nitrogens is 2. The Labute approximate surface area is 183 Å². The number of benzene rings is 2. The minimum absolute atomic E-state index is 0.194. The molecule has 1 aliphatic heterocycles. The van der Waals surface area contributed by atoms with E-state index in [-0.39, 0.29) is 10.8 Å². The van der Waals surface area contributed by atoms with Gasteiger partial charge in [-0.2, -0.15) is 9.40 Å². The molecule has 0 unspecified atom stereocenters. The Hall–Kier alpha value is -2.97. The van der Waals surface area contributed by atoms with Crippen molar-refractivity contribution in [1.29, 1.82) is 0 Å². The number of hydrogen-bond acceptors (Lipinski definition) is 4. The highest BCUT2D eigenvalue weighted by atomic mass is 32.2. The van der Waals surface area contributed by atoms with Crippen molar-refractivity contribution < 1.29 is 13.2 Å². The molecule has 0 radical (unpaired) electrons. The first-order valence-corrected chi connectivity index (χ1v) is 11.7. The van der Waals surface area contributed by atoms with Crippen LogP contribution in [0.1, 0.15) is 24.0 Å². The fraction of sp³-hybridized carbons (Fsp3) is 0.304. The Balaban J connectivity index is 1.48. The second-order valence-corrected chi connectivity index (χ2v) is 9.80. The molecule has 3 aromatic rings. The fourth-order valence-corrected chi connectivity index (χ4v) is 5.54. The number of para-hydroxylation sites is 1. The Morgan fingerprint density at radius 1 is 1.13 bits per heavy atom. The van der Waals surface area contributed by atoms with E-state index in [4.69, 9.17) is 0 Å². The van der Waals surface area contributed by atoms with Crippen molar-refractivity contribution >= 4 is 15.9 Å². The highest BCUT2D eigenvalue weighted by Gasteiger charge is 2.40. The second kappa shape index (κ2) is 8.64. The molecule has 1 fully saturated rings. The summed E-state index contributed by atoms with van der Waals surface area (Å²) in [5.41, 5.74) is 2.81. The van der Waals surface area contributed by atoms with Crippen LogP contribution in [0, 0.1) is 6.92 Å². The first-order chi connectivity index (χ1) is 14.9. The highest BCUT2D eigenvalue weighted by molar-refractivity contribution is 7.89. The molecule has 1 saturated heterocycles. The average molecular weight is 439 g/mol. The third-order valence-corrected chi connectivity index (χ3v) is 7.49. The van der Waals surface area contributed by atoms with Crippen LogP contribution in [-0.2, 0) is 21.4 Å². The molecule has 0 aliphatic carbocycles. The minimum atomic E-state index is -3.72. The van der Waals surface area contributed by atoms with Gasteiger partial charge < -0.3 is 4.90 Å². The topological polar surface area (TPSA) is 75.5 Å². The Morgan fingerprint density at radius 3 is 2.55 bits per heavy atom. The van der Waals surface area contributed by atoms with Crippen LogP contribution >= 0.6 is 0 Å². The van der Waals surface area contributed by atoms with Gasteiger partial charge in [-0.05, 0) is 44.0 Å². The SMILES string of the molecule is Cc1ccc(S(=O)(=O)N2CCC[C@H]2C(=O)N(C)Cc2cnn(-c3ccccc3)c2)cc1. The summed E-state index contributed by atoms with van der Waals surface area (Å²) in [5.74, 6) is -0.194. The van der Waals surface area contributed by atoms with Gasteiger partial charge in [-0.25, -0.2) is 13.1 Å². The summed E-state index contributed by atoms with van der Waals surface area (Å²) < 4.78 is 29.4. The van der Waals surface area contributed by atoms with E-state index in [1.165, 1.54) is 4.31 Å².